The number of halogens is 1. The molecule has 2 heterocycles. The Hall–Kier alpha value is -3.29. The van der Waals surface area contributed by atoms with Crippen molar-refractivity contribution >= 4 is 17.4 Å². The highest BCUT2D eigenvalue weighted by Crippen LogP contribution is 2.23. The summed E-state index contributed by atoms with van der Waals surface area (Å²) >= 11 is 0. The van der Waals surface area contributed by atoms with Crippen molar-refractivity contribution in [3.05, 3.63) is 65.6 Å². The minimum Gasteiger partial charge on any atom is -0.399 e. The van der Waals surface area contributed by atoms with Crippen molar-refractivity contribution in [2.75, 3.05) is 11.1 Å². The van der Waals surface area contributed by atoms with Crippen molar-refractivity contribution in [1.82, 2.24) is 19.7 Å². The van der Waals surface area contributed by atoms with Crippen molar-refractivity contribution in [3.8, 4) is 0 Å². The molecule has 1 amide bonds. The lowest BCUT2D eigenvalue weighted by Gasteiger charge is -2.22. The summed E-state index contributed by atoms with van der Waals surface area (Å²) in [6.45, 7) is 5.95. The van der Waals surface area contributed by atoms with E-state index in [0.717, 1.165) is 5.69 Å². The molecule has 0 unspecified atom stereocenters. The van der Waals surface area contributed by atoms with Gasteiger partial charge in [-0.2, -0.15) is 5.10 Å². The predicted octanol–water partition coefficient (Wildman–Crippen LogP) is 3.19. The van der Waals surface area contributed by atoms with Crippen LogP contribution in [0, 0.1) is 5.82 Å². The molecule has 0 fully saturated rings. The molecular weight excluding hydrogens is 359 g/mol. The lowest BCUT2D eigenvalue weighted by Crippen LogP contribution is -2.27. The van der Waals surface area contributed by atoms with Gasteiger partial charge in [-0.1, -0.05) is 0 Å². The summed E-state index contributed by atoms with van der Waals surface area (Å²) in [6.07, 6.45) is 3.98. The van der Waals surface area contributed by atoms with Crippen molar-refractivity contribution in [2.45, 2.75) is 39.2 Å². The summed E-state index contributed by atoms with van der Waals surface area (Å²) in [5.74, 6) is -0.0980. The van der Waals surface area contributed by atoms with Gasteiger partial charge >= 0.3 is 0 Å². The first-order chi connectivity index (χ1) is 13.2. The number of rotatable bonds is 5. The number of nitrogens with zero attached hydrogens (tertiary/aromatic N) is 4. The predicted molar refractivity (Wildman–Crippen MR) is 105 cm³/mol. The number of hydrogen-bond donors (Lipinski definition) is 2. The van der Waals surface area contributed by atoms with Crippen LogP contribution in [0.25, 0.3) is 0 Å². The maximum absolute atomic E-state index is 14.0. The first kappa shape index (κ1) is 19.5. The van der Waals surface area contributed by atoms with Crippen LogP contribution in [0.2, 0.25) is 0 Å². The van der Waals surface area contributed by atoms with Crippen molar-refractivity contribution in [2.24, 2.45) is 0 Å². The number of nitrogens with one attached hydrogen (secondary N) is 1. The largest absolute Gasteiger partial charge is 0.399 e. The van der Waals surface area contributed by atoms with Gasteiger partial charge in [-0.15, -0.1) is 0 Å². The molecule has 3 N–H and O–H groups in total. The SMILES string of the molecule is CC(C)(C)n1nc(CCc2cc(N)ccc2F)cc1NC(=O)c1ncccn1. The molecule has 146 valence electrons. The summed E-state index contributed by atoms with van der Waals surface area (Å²) in [5.41, 5.74) is 7.18. The Bertz CT molecular complexity index is 978. The highest BCUT2D eigenvalue weighted by atomic mass is 19.1. The standard InChI is InChI=1S/C20H23FN6O/c1-20(2,3)27-17(25-19(28)18-23-9-4-10-24-18)12-15(26-27)7-5-13-11-14(22)6-8-16(13)21/h4,6,8-12H,5,7,22H2,1-3H3,(H,25,28). The Labute approximate surface area is 162 Å². The number of amides is 1. The fraction of sp³-hybridized carbons (Fsp3) is 0.300. The van der Waals surface area contributed by atoms with E-state index in [1.165, 1.54) is 24.5 Å². The Morgan fingerprint density at radius 3 is 2.57 bits per heavy atom. The van der Waals surface area contributed by atoms with Gasteiger partial charge in [0.05, 0.1) is 11.2 Å². The summed E-state index contributed by atoms with van der Waals surface area (Å²) in [6, 6.07) is 7.96. The number of anilines is 2. The summed E-state index contributed by atoms with van der Waals surface area (Å²) in [4.78, 5) is 20.3. The fourth-order valence-corrected chi connectivity index (χ4v) is 2.79. The first-order valence-electron chi connectivity index (χ1n) is 8.96. The number of benzene rings is 1. The average molecular weight is 382 g/mol. The molecule has 0 radical (unpaired) electrons. The van der Waals surface area contributed by atoms with Crippen LogP contribution in [0.1, 0.15) is 42.6 Å². The lowest BCUT2D eigenvalue weighted by molar-refractivity contribution is 0.101. The molecule has 1 aromatic carbocycles. The topological polar surface area (TPSA) is 98.7 Å². The second kappa shape index (κ2) is 7.75. The zero-order valence-corrected chi connectivity index (χ0v) is 16.1. The van der Waals surface area contributed by atoms with Crippen LogP contribution in [-0.2, 0) is 18.4 Å². The molecule has 3 aromatic rings. The van der Waals surface area contributed by atoms with Crippen LogP contribution < -0.4 is 11.1 Å². The third kappa shape index (κ3) is 4.51. The third-order valence-corrected chi connectivity index (χ3v) is 4.13. The minimum atomic E-state index is -0.417. The van der Waals surface area contributed by atoms with Crippen LogP contribution in [0.4, 0.5) is 15.9 Å². The highest BCUT2D eigenvalue weighted by Gasteiger charge is 2.22. The van der Waals surface area contributed by atoms with E-state index in [-0.39, 0.29) is 17.2 Å². The molecule has 0 bridgehead atoms. The Morgan fingerprint density at radius 2 is 1.89 bits per heavy atom. The van der Waals surface area contributed by atoms with Gasteiger partial charge in [0.15, 0.2) is 0 Å². The summed E-state index contributed by atoms with van der Waals surface area (Å²) < 4.78 is 15.7. The summed E-state index contributed by atoms with van der Waals surface area (Å²) in [5, 5.41) is 7.42. The van der Waals surface area contributed by atoms with Crippen LogP contribution in [-0.4, -0.2) is 25.7 Å². The molecule has 0 aliphatic carbocycles. The van der Waals surface area contributed by atoms with E-state index in [1.807, 2.05) is 20.8 Å². The molecule has 7 nitrogen and oxygen atoms in total. The van der Waals surface area contributed by atoms with Gasteiger partial charge in [-0.05, 0) is 63.4 Å². The van der Waals surface area contributed by atoms with Gasteiger partial charge in [0.25, 0.3) is 5.91 Å². The number of aryl methyl sites for hydroxylation is 2. The molecule has 0 saturated heterocycles. The first-order valence-corrected chi connectivity index (χ1v) is 8.96. The molecule has 2 aromatic heterocycles. The highest BCUT2D eigenvalue weighted by molar-refractivity contribution is 6.01. The van der Waals surface area contributed by atoms with E-state index in [4.69, 9.17) is 5.73 Å². The molecule has 3 rings (SSSR count). The van der Waals surface area contributed by atoms with E-state index in [1.54, 1.807) is 22.9 Å². The number of hydrogen-bond acceptors (Lipinski definition) is 5. The normalized spacial score (nSPS) is 11.4. The molecule has 0 aliphatic heterocycles. The van der Waals surface area contributed by atoms with Gasteiger partial charge < -0.3 is 11.1 Å². The van der Waals surface area contributed by atoms with Crippen LogP contribution >= 0.6 is 0 Å². The number of carbonyl (C=O) groups is 1. The van der Waals surface area contributed by atoms with Gasteiger partial charge in [-0.3, -0.25) is 4.79 Å². The Balaban J connectivity index is 1.82. The second-order valence-electron chi connectivity index (χ2n) is 7.48. The lowest BCUT2D eigenvalue weighted by atomic mass is 10.1. The number of nitrogens with two attached hydrogens (primary N) is 1. The summed E-state index contributed by atoms with van der Waals surface area (Å²) in [7, 11) is 0. The Morgan fingerprint density at radius 1 is 1.18 bits per heavy atom. The van der Waals surface area contributed by atoms with E-state index < -0.39 is 5.91 Å². The van der Waals surface area contributed by atoms with E-state index in [0.29, 0.717) is 29.9 Å². The quantitative estimate of drug-likeness (QED) is 0.660. The van der Waals surface area contributed by atoms with Crippen LogP contribution in [0.5, 0.6) is 0 Å². The Kier molecular flexibility index (Phi) is 5.39. The molecule has 8 heteroatoms. The molecule has 0 saturated carbocycles. The van der Waals surface area contributed by atoms with Gasteiger partial charge in [0, 0.05) is 24.1 Å². The van der Waals surface area contributed by atoms with E-state index in [9.17, 15) is 9.18 Å². The van der Waals surface area contributed by atoms with Crippen molar-refractivity contribution in [1.29, 1.82) is 0 Å². The smallest absolute Gasteiger partial charge is 0.294 e. The van der Waals surface area contributed by atoms with Crippen molar-refractivity contribution in [3.63, 3.8) is 0 Å². The van der Waals surface area contributed by atoms with Gasteiger partial charge in [0.1, 0.15) is 11.6 Å². The van der Waals surface area contributed by atoms with Gasteiger partial charge in [-0.25, -0.2) is 19.0 Å². The number of aromatic nitrogens is 4. The molecule has 0 aliphatic rings. The fourth-order valence-electron chi connectivity index (χ4n) is 2.79. The monoisotopic (exact) mass is 382 g/mol. The number of carbonyl (C=O) groups excluding carboxylic acids is 1. The van der Waals surface area contributed by atoms with E-state index >= 15 is 0 Å². The molecule has 0 spiro atoms. The van der Waals surface area contributed by atoms with Gasteiger partial charge in [0.2, 0.25) is 5.82 Å². The van der Waals surface area contributed by atoms with Crippen molar-refractivity contribution < 1.29 is 9.18 Å². The zero-order valence-electron chi connectivity index (χ0n) is 16.1. The van der Waals surface area contributed by atoms with Crippen LogP contribution in [0.15, 0.2) is 42.7 Å². The zero-order chi connectivity index (χ0) is 20.3. The second-order valence-corrected chi connectivity index (χ2v) is 7.48. The maximum atomic E-state index is 14.0. The molecular formula is C20H23FN6O. The van der Waals surface area contributed by atoms with Crippen LogP contribution in [0.3, 0.4) is 0 Å². The molecule has 0 atom stereocenters. The maximum Gasteiger partial charge on any atom is 0.294 e. The molecule has 28 heavy (non-hydrogen) atoms. The third-order valence-electron chi connectivity index (χ3n) is 4.13. The van der Waals surface area contributed by atoms with E-state index in [2.05, 4.69) is 20.4 Å². The minimum absolute atomic E-state index is 0.0764. The average Bonchev–Trinajstić information content (AvgIpc) is 3.06. The number of nitrogen functional groups attached to an aromatic ring is 1.